The van der Waals surface area contributed by atoms with Gasteiger partial charge in [0.05, 0.1) is 5.60 Å². The third-order valence-corrected chi connectivity index (χ3v) is 9.15. The lowest BCUT2D eigenvalue weighted by Gasteiger charge is -2.58. The Kier molecular flexibility index (Phi) is 3.95. The largest absolute Gasteiger partial charge is 0.390 e. The number of carbonyl (C=O) groups excluding carboxylic acids is 1. The number of rotatable bonds is 1. The molecule has 0 bridgehead atoms. The van der Waals surface area contributed by atoms with Crippen molar-refractivity contribution < 1.29 is 9.90 Å². The Morgan fingerprint density at radius 3 is 2.33 bits per heavy atom. The van der Waals surface area contributed by atoms with E-state index >= 15 is 0 Å². The van der Waals surface area contributed by atoms with Crippen molar-refractivity contribution in [2.75, 3.05) is 0 Å². The molecule has 0 amide bonds. The Balaban J connectivity index is 1.60. The van der Waals surface area contributed by atoms with Crippen molar-refractivity contribution in [3.05, 3.63) is 0 Å². The topological polar surface area (TPSA) is 37.3 Å². The Morgan fingerprint density at radius 2 is 1.62 bits per heavy atom. The lowest BCUT2D eigenvalue weighted by Crippen LogP contribution is -2.53. The lowest BCUT2D eigenvalue weighted by molar-refractivity contribution is -0.134. The molecule has 2 heteroatoms. The fourth-order valence-corrected chi connectivity index (χ4v) is 8.07. The molecule has 0 aromatic heterocycles. The summed E-state index contributed by atoms with van der Waals surface area (Å²) in [6, 6.07) is 0. The maximum absolute atomic E-state index is 12.2. The van der Waals surface area contributed by atoms with Crippen LogP contribution >= 0.6 is 0 Å². The zero-order valence-corrected chi connectivity index (χ0v) is 16.1. The van der Waals surface area contributed by atoms with Gasteiger partial charge in [0.2, 0.25) is 0 Å². The van der Waals surface area contributed by atoms with Gasteiger partial charge in [-0.3, -0.25) is 4.79 Å². The highest BCUT2D eigenvalue weighted by Gasteiger charge is 2.59. The van der Waals surface area contributed by atoms with Crippen molar-refractivity contribution in [2.45, 2.75) is 84.7 Å². The van der Waals surface area contributed by atoms with Crippen LogP contribution in [0.3, 0.4) is 0 Å². The predicted octanol–water partition coefficient (Wildman–Crippen LogP) is 4.84. The smallest absolute Gasteiger partial charge is 0.133 e. The fraction of sp³-hybridized carbons (Fsp3) is 0.955. The number of hydrogen-bond donors (Lipinski definition) is 1. The van der Waals surface area contributed by atoms with Gasteiger partial charge in [0.15, 0.2) is 0 Å². The van der Waals surface area contributed by atoms with E-state index in [9.17, 15) is 9.90 Å². The van der Waals surface area contributed by atoms with Gasteiger partial charge in [-0.1, -0.05) is 13.8 Å². The minimum Gasteiger partial charge on any atom is -0.390 e. The van der Waals surface area contributed by atoms with Crippen molar-refractivity contribution >= 4 is 5.78 Å². The summed E-state index contributed by atoms with van der Waals surface area (Å²) in [6.45, 7) is 8.76. The van der Waals surface area contributed by atoms with Gasteiger partial charge in [0.1, 0.15) is 5.78 Å². The third kappa shape index (κ3) is 2.42. The Hall–Kier alpha value is -0.370. The van der Waals surface area contributed by atoms with Crippen LogP contribution in [0.2, 0.25) is 0 Å². The molecule has 24 heavy (non-hydrogen) atoms. The molecule has 4 rings (SSSR count). The SMILES string of the molecule is CC(=O)C1CCC2C3CC(C)C4CC(C)(O)CCC4C3CCC12C. The average molecular weight is 333 g/mol. The second kappa shape index (κ2) is 5.56. The van der Waals surface area contributed by atoms with Crippen molar-refractivity contribution in [3.8, 4) is 0 Å². The summed E-state index contributed by atoms with van der Waals surface area (Å²) in [5.74, 6) is 5.54. The minimum atomic E-state index is -0.432. The summed E-state index contributed by atoms with van der Waals surface area (Å²) >= 11 is 0. The van der Waals surface area contributed by atoms with Crippen LogP contribution in [0, 0.1) is 46.8 Å². The van der Waals surface area contributed by atoms with Crippen molar-refractivity contribution in [3.63, 3.8) is 0 Å². The maximum Gasteiger partial charge on any atom is 0.133 e. The quantitative estimate of drug-likeness (QED) is 0.746. The molecule has 0 aromatic rings. The fourth-order valence-electron chi connectivity index (χ4n) is 8.07. The van der Waals surface area contributed by atoms with Crippen LogP contribution in [0.15, 0.2) is 0 Å². The van der Waals surface area contributed by atoms with Crippen molar-refractivity contribution in [1.29, 1.82) is 0 Å². The maximum atomic E-state index is 12.2. The zero-order chi connectivity index (χ0) is 17.3. The summed E-state index contributed by atoms with van der Waals surface area (Å²) in [7, 11) is 0. The molecule has 0 aliphatic heterocycles. The van der Waals surface area contributed by atoms with Gasteiger partial charge in [-0.25, -0.2) is 0 Å². The van der Waals surface area contributed by atoms with Gasteiger partial charge in [-0.2, -0.15) is 0 Å². The molecule has 0 spiro atoms. The second-order valence-electron chi connectivity index (χ2n) is 10.5. The molecule has 4 saturated carbocycles. The Labute approximate surface area is 147 Å². The van der Waals surface area contributed by atoms with E-state index in [1.165, 1.54) is 32.1 Å². The molecule has 4 aliphatic carbocycles. The van der Waals surface area contributed by atoms with E-state index in [0.29, 0.717) is 11.7 Å². The highest BCUT2D eigenvalue weighted by molar-refractivity contribution is 5.79. The van der Waals surface area contributed by atoms with Crippen LogP contribution in [-0.2, 0) is 4.79 Å². The van der Waals surface area contributed by atoms with Crippen LogP contribution in [-0.4, -0.2) is 16.5 Å². The van der Waals surface area contributed by atoms with E-state index in [-0.39, 0.29) is 5.41 Å². The average Bonchev–Trinajstić information content (AvgIpc) is 2.85. The molecule has 0 saturated heterocycles. The first-order chi connectivity index (χ1) is 11.2. The monoisotopic (exact) mass is 332 g/mol. The highest BCUT2D eigenvalue weighted by Crippen LogP contribution is 2.65. The van der Waals surface area contributed by atoms with Crippen LogP contribution < -0.4 is 0 Å². The van der Waals surface area contributed by atoms with Crippen LogP contribution in [0.25, 0.3) is 0 Å². The number of carbonyl (C=O) groups is 1. The van der Waals surface area contributed by atoms with E-state index in [4.69, 9.17) is 0 Å². The standard InChI is InChI=1S/C22H36O2/c1-13-11-17-15(16-7-9-21(3,24)12-18(13)16)8-10-22(4)19(14(2)23)5-6-20(17)22/h13,15-20,24H,5-12H2,1-4H3. The number of fused-ring (bicyclic) bond motifs is 5. The summed E-state index contributed by atoms with van der Waals surface area (Å²) in [5.41, 5.74) is -0.155. The molecule has 2 nitrogen and oxygen atoms in total. The number of hydrogen-bond acceptors (Lipinski definition) is 2. The number of Topliss-reactive ketones (excluding diaryl/α,β-unsaturated/α-hetero) is 1. The van der Waals surface area contributed by atoms with Crippen LogP contribution in [0.1, 0.15) is 79.1 Å². The second-order valence-corrected chi connectivity index (χ2v) is 10.5. The highest BCUT2D eigenvalue weighted by atomic mass is 16.3. The van der Waals surface area contributed by atoms with Crippen molar-refractivity contribution in [2.24, 2.45) is 46.8 Å². The molecule has 9 unspecified atom stereocenters. The minimum absolute atomic E-state index is 0.277. The third-order valence-electron chi connectivity index (χ3n) is 9.15. The van der Waals surface area contributed by atoms with Gasteiger partial charge in [0, 0.05) is 5.92 Å². The first-order valence-corrected chi connectivity index (χ1v) is 10.5. The normalized spacial score (nSPS) is 57.0. The summed E-state index contributed by atoms with van der Waals surface area (Å²) in [5, 5.41) is 10.6. The van der Waals surface area contributed by atoms with E-state index in [2.05, 4.69) is 13.8 Å². The molecule has 0 heterocycles. The molecule has 136 valence electrons. The van der Waals surface area contributed by atoms with Crippen LogP contribution in [0.5, 0.6) is 0 Å². The molecular weight excluding hydrogens is 296 g/mol. The first-order valence-electron chi connectivity index (χ1n) is 10.5. The molecule has 9 atom stereocenters. The molecular formula is C22H36O2. The molecule has 4 fully saturated rings. The molecule has 4 aliphatic rings. The lowest BCUT2D eigenvalue weighted by atomic mass is 9.47. The van der Waals surface area contributed by atoms with Gasteiger partial charge in [0.25, 0.3) is 0 Å². The van der Waals surface area contributed by atoms with Gasteiger partial charge in [-0.05, 0) is 106 Å². The molecule has 0 aromatic carbocycles. The van der Waals surface area contributed by atoms with E-state index in [1.54, 1.807) is 0 Å². The zero-order valence-electron chi connectivity index (χ0n) is 16.1. The summed E-state index contributed by atoms with van der Waals surface area (Å²) in [6.07, 6.45) is 9.58. The number of ketones is 1. The van der Waals surface area contributed by atoms with Crippen molar-refractivity contribution in [1.82, 2.24) is 0 Å². The predicted molar refractivity (Wildman–Crippen MR) is 96.5 cm³/mol. The van der Waals surface area contributed by atoms with E-state index in [1.807, 2.05) is 13.8 Å². The van der Waals surface area contributed by atoms with Gasteiger partial charge >= 0.3 is 0 Å². The van der Waals surface area contributed by atoms with E-state index < -0.39 is 5.60 Å². The number of aliphatic hydroxyl groups is 1. The first kappa shape index (κ1) is 17.1. The Bertz CT molecular complexity index is 524. The molecule has 0 radical (unpaired) electrons. The van der Waals surface area contributed by atoms with Gasteiger partial charge in [-0.15, -0.1) is 0 Å². The molecule has 1 N–H and O–H groups in total. The summed E-state index contributed by atoms with van der Waals surface area (Å²) < 4.78 is 0. The Morgan fingerprint density at radius 1 is 0.958 bits per heavy atom. The summed E-state index contributed by atoms with van der Waals surface area (Å²) in [4.78, 5) is 12.2. The van der Waals surface area contributed by atoms with E-state index in [0.717, 1.165) is 54.8 Å². The van der Waals surface area contributed by atoms with Crippen LogP contribution in [0.4, 0.5) is 0 Å². The van der Waals surface area contributed by atoms with Gasteiger partial charge < -0.3 is 5.11 Å².